The molecule has 1 aromatic rings. The molecule has 24 heavy (non-hydrogen) atoms. The SMILES string of the molecule is CC(C)C(NC(=O)Cc1ccccc1)C(=O)N1CCCN(C)CC1. The minimum absolute atomic E-state index is 0.0433. The average Bonchev–Trinajstić information content (AvgIpc) is 2.77. The highest BCUT2D eigenvalue weighted by Crippen LogP contribution is 2.10. The molecule has 0 radical (unpaired) electrons. The molecule has 1 saturated heterocycles. The normalized spacial score (nSPS) is 17.4. The van der Waals surface area contributed by atoms with Crippen molar-refractivity contribution in [2.24, 2.45) is 5.92 Å². The number of benzene rings is 1. The third kappa shape index (κ3) is 5.34. The van der Waals surface area contributed by atoms with E-state index in [-0.39, 0.29) is 17.7 Å². The van der Waals surface area contributed by atoms with Crippen molar-refractivity contribution in [3.63, 3.8) is 0 Å². The van der Waals surface area contributed by atoms with E-state index in [1.165, 1.54) is 0 Å². The lowest BCUT2D eigenvalue weighted by Gasteiger charge is -2.29. The molecular formula is C19H29N3O2. The van der Waals surface area contributed by atoms with Gasteiger partial charge in [-0.05, 0) is 31.5 Å². The van der Waals surface area contributed by atoms with E-state index in [9.17, 15) is 9.59 Å². The molecule has 0 aromatic heterocycles. The van der Waals surface area contributed by atoms with E-state index < -0.39 is 6.04 Å². The highest BCUT2D eigenvalue weighted by Gasteiger charge is 2.29. The first-order valence-corrected chi connectivity index (χ1v) is 8.78. The number of nitrogens with one attached hydrogen (secondary N) is 1. The van der Waals surface area contributed by atoms with Gasteiger partial charge >= 0.3 is 0 Å². The monoisotopic (exact) mass is 331 g/mol. The lowest BCUT2D eigenvalue weighted by atomic mass is 10.0. The van der Waals surface area contributed by atoms with Crippen LogP contribution in [-0.4, -0.2) is 60.9 Å². The number of hydrogen-bond acceptors (Lipinski definition) is 3. The van der Waals surface area contributed by atoms with Gasteiger partial charge in [0.05, 0.1) is 6.42 Å². The summed E-state index contributed by atoms with van der Waals surface area (Å²) in [5.74, 6) is 0.0140. The van der Waals surface area contributed by atoms with Crippen LogP contribution in [0.3, 0.4) is 0 Å². The Hall–Kier alpha value is -1.88. The molecule has 0 saturated carbocycles. The molecule has 5 nitrogen and oxygen atoms in total. The molecule has 5 heteroatoms. The summed E-state index contributed by atoms with van der Waals surface area (Å²) < 4.78 is 0. The highest BCUT2D eigenvalue weighted by molar-refractivity contribution is 5.88. The van der Waals surface area contributed by atoms with E-state index in [2.05, 4.69) is 17.3 Å². The van der Waals surface area contributed by atoms with Crippen LogP contribution < -0.4 is 5.32 Å². The molecule has 2 amide bonds. The smallest absolute Gasteiger partial charge is 0.245 e. The number of rotatable bonds is 5. The fourth-order valence-electron chi connectivity index (χ4n) is 2.98. The summed E-state index contributed by atoms with van der Waals surface area (Å²) in [5, 5.41) is 2.95. The minimum atomic E-state index is -0.454. The van der Waals surface area contributed by atoms with Gasteiger partial charge in [-0.1, -0.05) is 44.2 Å². The summed E-state index contributed by atoms with van der Waals surface area (Å²) in [7, 11) is 2.08. The molecule has 1 N–H and O–H groups in total. The Labute approximate surface area is 145 Å². The van der Waals surface area contributed by atoms with Gasteiger partial charge in [0.1, 0.15) is 6.04 Å². The molecule has 0 spiro atoms. The van der Waals surface area contributed by atoms with Crippen molar-refractivity contribution in [1.82, 2.24) is 15.1 Å². The molecule has 1 aromatic carbocycles. The number of carbonyl (C=O) groups is 2. The zero-order valence-corrected chi connectivity index (χ0v) is 15.0. The van der Waals surface area contributed by atoms with Crippen LogP contribution in [-0.2, 0) is 16.0 Å². The van der Waals surface area contributed by atoms with E-state index in [0.29, 0.717) is 6.42 Å². The lowest BCUT2D eigenvalue weighted by molar-refractivity contribution is -0.137. The second kappa shape index (κ2) is 8.83. The summed E-state index contributed by atoms with van der Waals surface area (Å²) in [6, 6.07) is 9.16. The Morgan fingerprint density at radius 1 is 1.08 bits per heavy atom. The van der Waals surface area contributed by atoms with Crippen LogP contribution in [0.5, 0.6) is 0 Å². The van der Waals surface area contributed by atoms with E-state index in [1.54, 1.807) is 0 Å². The van der Waals surface area contributed by atoms with E-state index >= 15 is 0 Å². The van der Waals surface area contributed by atoms with Crippen molar-refractivity contribution in [2.45, 2.75) is 32.7 Å². The van der Waals surface area contributed by atoms with Crippen molar-refractivity contribution in [2.75, 3.05) is 33.2 Å². The number of carbonyl (C=O) groups excluding carboxylic acids is 2. The predicted octanol–water partition coefficient (Wildman–Crippen LogP) is 1.53. The fraction of sp³-hybridized carbons (Fsp3) is 0.579. The van der Waals surface area contributed by atoms with Gasteiger partial charge in [-0.25, -0.2) is 0 Å². The van der Waals surface area contributed by atoms with Gasteiger partial charge in [-0.3, -0.25) is 9.59 Å². The standard InChI is InChI=1S/C19H29N3O2/c1-15(2)18(19(24)22-11-7-10-21(3)12-13-22)20-17(23)14-16-8-5-4-6-9-16/h4-6,8-9,15,18H,7,10-14H2,1-3H3,(H,20,23). The van der Waals surface area contributed by atoms with Gasteiger partial charge in [-0.2, -0.15) is 0 Å². The molecule has 1 atom stereocenters. The second-order valence-electron chi connectivity index (χ2n) is 6.93. The van der Waals surface area contributed by atoms with Gasteiger partial charge in [0.25, 0.3) is 0 Å². The van der Waals surface area contributed by atoms with Crippen LogP contribution in [0.4, 0.5) is 0 Å². The van der Waals surface area contributed by atoms with Crippen molar-refractivity contribution in [3.8, 4) is 0 Å². The summed E-state index contributed by atoms with van der Waals surface area (Å²) in [6.45, 7) is 7.35. The fourth-order valence-corrected chi connectivity index (χ4v) is 2.98. The summed E-state index contributed by atoms with van der Waals surface area (Å²) >= 11 is 0. The van der Waals surface area contributed by atoms with Gasteiger partial charge in [0, 0.05) is 19.6 Å². The third-order valence-corrected chi connectivity index (χ3v) is 4.49. The zero-order chi connectivity index (χ0) is 17.5. The summed E-state index contributed by atoms with van der Waals surface area (Å²) in [6.07, 6.45) is 1.28. The molecule has 1 aliphatic rings. The Kier molecular flexibility index (Phi) is 6.79. The third-order valence-electron chi connectivity index (χ3n) is 4.49. The first-order chi connectivity index (χ1) is 11.5. The van der Waals surface area contributed by atoms with E-state index in [1.807, 2.05) is 49.1 Å². The average molecular weight is 331 g/mol. The predicted molar refractivity (Wildman–Crippen MR) is 95.6 cm³/mol. The van der Waals surface area contributed by atoms with Crippen molar-refractivity contribution in [3.05, 3.63) is 35.9 Å². The Balaban J connectivity index is 1.97. The number of hydrogen-bond donors (Lipinski definition) is 1. The first-order valence-electron chi connectivity index (χ1n) is 8.78. The number of nitrogens with zero attached hydrogens (tertiary/aromatic N) is 2. The molecule has 1 unspecified atom stereocenters. The maximum absolute atomic E-state index is 12.9. The molecule has 1 aliphatic heterocycles. The molecule has 132 valence electrons. The van der Waals surface area contributed by atoms with Gasteiger partial charge < -0.3 is 15.1 Å². The number of amides is 2. The maximum Gasteiger partial charge on any atom is 0.245 e. The Bertz CT molecular complexity index is 545. The van der Waals surface area contributed by atoms with Crippen LogP contribution in [0.25, 0.3) is 0 Å². The largest absolute Gasteiger partial charge is 0.344 e. The van der Waals surface area contributed by atoms with Crippen molar-refractivity contribution >= 4 is 11.8 Å². The number of likely N-dealkylation sites (N-methyl/N-ethyl adjacent to an activating group) is 1. The second-order valence-corrected chi connectivity index (χ2v) is 6.93. The van der Waals surface area contributed by atoms with Crippen LogP contribution >= 0.6 is 0 Å². The Morgan fingerprint density at radius 2 is 1.79 bits per heavy atom. The van der Waals surface area contributed by atoms with Crippen LogP contribution in [0, 0.1) is 5.92 Å². The Morgan fingerprint density at radius 3 is 2.46 bits per heavy atom. The summed E-state index contributed by atoms with van der Waals surface area (Å²) in [4.78, 5) is 29.4. The molecule has 2 rings (SSSR count). The van der Waals surface area contributed by atoms with Crippen LogP contribution in [0.15, 0.2) is 30.3 Å². The minimum Gasteiger partial charge on any atom is -0.344 e. The molecular weight excluding hydrogens is 302 g/mol. The van der Waals surface area contributed by atoms with Crippen molar-refractivity contribution < 1.29 is 9.59 Å². The topological polar surface area (TPSA) is 52.7 Å². The van der Waals surface area contributed by atoms with E-state index in [4.69, 9.17) is 0 Å². The maximum atomic E-state index is 12.9. The molecule has 1 heterocycles. The quantitative estimate of drug-likeness (QED) is 0.890. The van der Waals surface area contributed by atoms with Gasteiger partial charge in [-0.15, -0.1) is 0 Å². The van der Waals surface area contributed by atoms with Crippen LogP contribution in [0.1, 0.15) is 25.8 Å². The van der Waals surface area contributed by atoms with Gasteiger partial charge in [0.2, 0.25) is 11.8 Å². The van der Waals surface area contributed by atoms with Crippen LogP contribution in [0.2, 0.25) is 0 Å². The molecule has 0 aliphatic carbocycles. The molecule has 1 fully saturated rings. The molecule has 0 bridgehead atoms. The zero-order valence-electron chi connectivity index (χ0n) is 15.0. The highest BCUT2D eigenvalue weighted by atomic mass is 16.2. The van der Waals surface area contributed by atoms with Crippen molar-refractivity contribution in [1.29, 1.82) is 0 Å². The lowest BCUT2D eigenvalue weighted by Crippen LogP contribution is -2.52. The first kappa shape index (κ1) is 18.5. The summed E-state index contributed by atoms with van der Waals surface area (Å²) in [5.41, 5.74) is 0.960. The van der Waals surface area contributed by atoms with Gasteiger partial charge in [0.15, 0.2) is 0 Å². The van der Waals surface area contributed by atoms with E-state index in [0.717, 1.165) is 38.2 Å².